The number of anilines is 1. The maximum atomic E-state index is 11.8. The van der Waals surface area contributed by atoms with Crippen LogP contribution < -0.4 is 10.6 Å². The first-order valence-electron chi connectivity index (χ1n) is 6.16. The van der Waals surface area contributed by atoms with E-state index < -0.39 is 28.4 Å². The van der Waals surface area contributed by atoms with Crippen molar-refractivity contribution in [1.82, 2.24) is 5.32 Å². The quantitative estimate of drug-likeness (QED) is 0.580. The first kappa shape index (κ1) is 16.4. The first-order chi connectivity index (χ1) is 9.61. The van der Waals surface area contributed by atoms with Crippen LogP contribution in [0, 0.1) is 15.5 Å². The van der Waals surface area contributed by atoms with Crippen LogP contribution in [-0.4, -0.2) is 28.1 Å². The molecule has 0 saturated heterocycles. The van der Waals surface area contributed by atoms with Crippen LogP contribution in [0.15, 0.2) is 24.3 Å². The van der Waals surface area contributed by atoms with Gasteiger partial charge in [0, 0.05) is 17.8 Å². The molecule has 114 valence electrons. The summed E-state index contributed by atoms with van der Waals surface area (Å²) in [6.07, 6.45) is 0. The molecule has 0 saturated carbocycles. The number of carbonyl (C=O) groups is 2. The number of non-ortho nitro benzene ring substituents is 1. The van der Waals surface area contributed by atoms with Crippen LogP contribution in [0.25, 0.3) is 0 Å². The van der Waals surface area contributed by atoms with E-state index in [9.17, 15) is 19.7 Å². The maximum Gasteiger partial charge on any atom is 0.326 e. The summed E-state index contributed by atoms with van der Waals surface area (Å²) in [4.78, 5) is 33.0. The Bertz CT molecular complexity index is 565. The molecule has 1 aromatic rings. The van der Waals surface area contributed by atoms with Crippen molar-refractivity contribution in [3.8, 4) is 0 Å². The molecular weight excluding hydrogens is 278 g/mol. The van der Waals surface area contributed by atoms with E-state index in [1.165, 1.54) is 24.3 Å². The summed E-state index contributed by atoms with van der Waals surface area (Å²) in [7, 11) is 0. The van der Waals surface area contributed by atoms with Crippen molar-refractivity contribution in [3.63, 3.8) is 0 Å². The van der Waals surface area contributed by atoms with Gasteiger partial charge in [0.1, 0.15) is 6.04 Å². The first-order valence-corrected chi connectivity index (χ1v) is 6.16. The molecule has 3 N–H and O–H groups in total. The predicted octanol–water partition coefficient (Wildman–Crippen LogP) is 2.22. The van der Waals surface area contributed by atoms with Gasteiger partial charge in [-0.3, -0.25) is 10.1 Å². The summed E-state index contributed by atoms with van der Waals surface area (Å²) in [5.41, 5.74) is -0.635. The highest BCUT2D eigenvalue weighted by molar-refractivity contribution is 5.92. The standard InChI is InChI=1S/C13H17N3O5/c1-13(2,3)10(11(17)18)15-12(19)14-8-5-4-6-9(7-8)16(20)21/h4-7,10H,1-3H3,(H,17,18)(H2,14,15,19)/t10-/m0/s1. The third kappa shape index (κ3) is 4.75. The van der Waals surface area contributed by atoms with Crippen molar-refractivity contribution in [3.05, 3.63) is 34.4 Å². The van der Waals surface area contributed by atoms with Gasteiger partial charge in [0.15, 0.2) is 0 Å². The number of hydrogen-bond acceptors (Lipinski definition) is 4. The minimum atomic E-state index is -1.16. The minimum absolute atomic E-state index is 0.168. The number of nitro groups is 1. The molecule has 8 nitrogen and oxygen atoms in total. The van der Waals surface area contributed by atoms with Crippen molar-refractivity contribution >= 4 is 23.4 Å². The van der Waals surface area contributed by atoms with Gasteiger partial charge in [-0.05, 0) is 11.5 Å². The highest BCUT2D eigenvalue weighted by Crippen LogP contribution is 2.20. The van der Waals surface area contributed by atoms with Gasteiger partial charge in [0.2, 0.25) is 0 Å². The van der Waals surface area contributed by atoms with Crippen LogP contribution >= 0.6 is 0 Å². The van der Waals surface area contributed by atoms with E-state index in [1.807, 2.05) is 0 Å². The fourth-order valence-electron chi connectivity index (χ4n) is 1.64. The molecule has 0 aliphatic heterocycles. The molecule has 0 fully saturated rings. The summed E-state index contributed by atoms with van der Waals surface area (Å²) in [6, 6.07) is 3.55. The fourth-order valence-corrected chi connectivity index (χ4v) is 1.64. The third-order valence-electron chi connectivity index (χ3n) is 2.70. The van der Waals surface area contributed by atoms with Crippen LogP contribution in [0.3, 0.4) is 0 Å². The second-order valence-corrected chi connectivity index (χ2v) is 5.54. The Morgan fingerprint density at radius 3 is 2.43 bits per heavy atom. The average Bonchev–Trinajstić information content (AvgIpc) is 2.34. The molecule has 0 spiro atoms. The van der Waals surface area contributed by atoms with Crippen molar-refractivity contribution in [2.24, 2.45) is 5.41 Å². The second kappa shape index (κ2) is 6.21. The van der Waals surface area contributed by atoms with Crippen molar-refractivity contribution in [1.29, 1.82) is 0 Å². The Kier molecular flexibility index (Phi) is 4.85. The van der Waals surface area contributed by atoms with Crippen LogP contribution in [-0.2, 0) is 4.79 Å². The lowest BCUT2D eigenvalue weighted by Crippen LogP contribution is -2.50. The molecule has 2 amide bonds. The second-order valence-electron chi connectivity index (χ2n) is 5.54. The summed E-state index contributed by atoms with van der Waals surface area (Å²) in [5.74, 6) is -1.16. The average molecular weight is 295 g/mol. The number of carbonyl (C=O) groups excluding carboxylic acids is 1. The lowest BCUT2D eigenvalue weighted by atomic mass is 9.87. The number of hydrogen-bond donors (Lipinski definition) is 3. The van der Waals surface area contributed by atoms with Gasteiger partial charge in [0.25, 0.3) is 5.69 Å². The van der Waals surface area contributed by atoms with E-state index in [-0.39, 0.29) is 11.4 Å². The topological polar surface area (TPSA) is 122 Å². The number of urea groups is 1. The van der Waals surface area contributed by atoms with Gasteiger partial charge in [-0.25, -0.2) is 9.59 Å². The summed E-state index contributed by atoms with van der Waals surface area (Å²) < 4.78 is 0. The van der Waals surface area contributed by atoms with Crippen LogP contribution in [0.4, 0.5) is 16.2 Å². The van der Waals surface area contributed by atoms with Crippen molar-refractivity contribution < 1.29 is 19.6 Å². The molecule has 0 unspecified atom stereocenters. The van der Waals surface area contributed by atoms with Crippen molar-refractivity contribution in [2.75, 3.05) is 5.32 Å². The number of carboxylic acids is 1. The van der Waals surface area contributed by atoms with E-state index in [2.05, 4.69) is 10.6 Å². The number of benzene rings is 1. The maximum absolute atomic E-state index is 11.8. The van der Waals surface area contributed by atoms with Crippen molar-refractivity contribution in [2.45, 2.75) is 26.8 Å². The molecule has 1 aromatic carbocycles. The number of nitro benzene ring substituents is 1. The zero-order chi connectivity index (χ0) is 16.2. The Balaban J connectivity index is 2.79. The number of rotatable bonds is 4. The molecular formula is C13H17N3O5. The number of nitrogens with zero attached hydrogens (tertiary/aromatic N) is 1. The highest BCUT2D eigenvalue weighted by Gasteiger charge is 2.32. The molecule has 8 heteroatoms. The predicted molar refractivity (Wildman–Crippen MR) is 76.1 cm³/mol. The Labute approximate surface area is 121 Å². The van der Waals surface area contributed by atoms with Crippen LogP contribution in [0.5, 0.6) is 0 Å². The summed E-state index contributed by atoms with van der Waals surface area (Å²) in [5, 5.41) is 24.5. The Morgan fingerprint density at radius 1 is 1.33 bits per heavy atom. The molecule has 0 aromatic heterocycles. The normalized spacial score (nSPS) is 12.3. The molecule has 0 aliphatic rings. The van der Waals surface area contributed by atoms with E-state index in [1.54, 1.807) is 20.8 Å². The van der Waals surface area contributed by atoms with Crippen LogP contribution in [0.2, 0.25) is 0 Å². The third-order valence-corrected chi connectivity index (χ3v) is 2.70. The number of carboxylic acid groups (broad SMARTS) is 1. The van der Waals surface area contributed by atoms with Gasteiger partial charge in [-0.15, -0.1) is 0 Å². The lowest BCUT2D eigenvalue weighted by molar-refractivity contribution is -0.384. The van der Waals surface area contributed by atoms with Gasteiger partial charge < -0.3 is 15.7 Å². The van der Waals surface area contributed by atoms with Gasteiger partial charge in [-0.2, -0.15) is 0 Å². The number of nitrogens with one attached hydrogen (secondary N) is 2. The van der Waals surface area contributed by atoms with E-state index >= 15 is 0 Å². The highest BCUT2D eigenvalue weighted by atomic mass is 16.6. The SMILES string of the molecule is CC(C)(C)[C@@H](NC(=O)Nc1cccc([N+](=O)[O-])c1)C(=O)O. The summed E-state index contributed by atoms with van der Waals surface area (Å²) in [6.45, 7) is 5.04. The largest absolute Gasteiger partial charge is 0.480 e. The van der Waals surface area contributed by atoms with Crippen LogP contribution in [0.1, 0.15) is 20.8 Å². The molecule has 0 aliphatic carbocycles. The Hall–Kier alpha value is -2.64. The van der Waals surface area contributed by atoms with Gasteiger partial charge in [-0.1, -0.05) is 26.8 Å². The molecule has 0 heterocycles. The monoisotopic (exact) mass is 295 g/mol. The van der Waals surface area contributed by atoms with Gasteiger partial charge in [0.05, 0.1) is 4.92 Å². The molecule has 1 rings (SSSR count). The minimum Gasteiger partial charge on any atom is -0.480 e. The van der Waals surface area contributed by atoms with E-state index in [0.29, 0.717) is 0 Å². The molecule has 0 radical (unpaired) electrons. The zero-order valence-electron chi connectivity index (χ0n) is 11.9. The Morgan fingerprint density at radius 2 is 1.95 bits per heavy atom. The van der Waals surface area contributed by atoms with Gasteiger partial charge >= 0.3 is 12.0 Å². The molecule has 21 heavy (non-hydrogen) atoms. The fraction of sp³-hybridized carbons (Fsp3) is 0.385. The zero-order valence-corrected chi connectivity index (χ0v) is 11.9. The number of aliphatic carboxylic acids is 1. The molecule has 1 atom stereocenters. The molecule has 0 bridgehead atoms. The van der Waals surface area contributed by atoms with E-state index in [0.717, 1.165) is 0 Å². The summed E-state index contributed by atoms with van der Waals surface area (Å²) >= 11 is 0. The lowest BCUT2D eigenvalue weighted by Gasteiger charge is -2.27. The van der Waals surface area contributed by atoms with E-state index in [4.69, 9.17) is 5.11 Å². The number of amides is 2. The smallest absolute Gasteiger partial charge is 0.326 e.